The summed E-state index contributed by atoms with van der Waals surface area (Å²) >= 11 is 6.14. The Kier molecular flexibility index (Phi) is 9.19. The Morgan fingerprint density at radius 3 is 2.75 bits per heavy atom. The number of hydrogen-bond acceptors (Lipinski definition) is 4. The molecule has 0 bridgehead atoms. The van der Waals surface area contributed by atoms with Crippen molar-refractivity contribution >= 4 is 24.0 Å². The minimum absolute atomic E-state index is 0. The van der Waals surface area contributed by atoms with Gasteiger partial charge in [0.25, 0.3) is 0 Å². The van der Waals surface area contributed by atoms with Crippen LogP contribution in [0.5, 0.6) is 11.5 Å². The number of rotatable bonds is 7. The van der Waals surface area contributed by atoms with Crippen LogP contribution < -0.4 is 14.8 Å². The van der Waals surface area contributed by atoms with Gasteiger partial charge >= 0.3 is 0 Å². The molecule has 1 aromatic carbocycles. The van der Waals surface area contributed by atoms with E-state index in [0.29, 0.717) is 29.6 Å². The van der Waals surface area contributed by atoms with Crippen LogP contribution in [0.1, 0.15) is 12.5 Å². The van der Waals surface area contributed by atoms with E-state index in [4.69, 9.17) is 27.5 Å². The quantitative estimate of drug-likeness (QED) is 0.757. The van der Waals surface area contributed by atoms with Gasteiger partial charge in [-0.05, 0) is 24.6 Å². The van der Waals surface area contributed by atoms with Gasteiger partial charge in [0.2, 0.25) is 0 Å². The average Bonchev–Trinajstić information content (AvgIpc) is 2.36. The molecule has 1 unspecified atom stereocenters. The molecule has 0 saturated heterocycles. The fraction of sp³-hybridized carbons (Fsp3) is 0.429. The van der Waals surface area contributed by atoms with Crippen molar-refractivity contribution in [1.82, 2.24) is 5.32 Å². The van der Waals surface area contributed by atoms with E-state index >= 15 is 0 Å². The van der Waals surface area contributed by atoms with Gasteiger partial charge in [-0.25, -0.2) is 0 Å². The zero-order valence-electron chi connectivity index (χ0n) is 11.5. The second kappa shape index (κ2) is 9.73. The molecule has 0 spiro atoms. The molecule has 1 aromatic rings. The molecule has 0 radical (unpaired) electrons. The molecule has 6 heteroatoms. The van der Waals surface area contributed by atoms with E-state index in [2.05, 4.69) is 11.2 Å². The number of ether oxygens (including phenoxy) is 2. The molecule has 0 aliphatic rings. The lowest BCUT2D eigenvalue weighted by Gasteiger charge is -2.13. The van der Waals surface area contributed by atoms with Gasteiger partial charge < -0.3 is 19.9 Å². The summed E-state index contributed by atoms with van der Waals surface area (Å²) in [5.41, 5.74) is 0.940. The fourth-order valence-electron chi connectivity index (χ4n) is 1.55. The molecule has 1 atom stereocenters. The monoisotopic (exact) mass is 319 g/mol. The molecule has 0 saturated carbocycles. The van der Waals surface area contributed by atoms with Crippen LogP contribution in [0.4, 0.5) is 0 Å². The smallest absolute Gasteiger partial charge is 0.181 e. The van der Waals surface area contributed by atoms with Crippen LogP contribution in [0.3, 0.4) is 0 Å². The van der Waals surface area contributed by atoms with Crippen molar-refractivity contribution < 1.29 is 14.6 Å². The summed E-state index contributed by atoms with van der Waals surface area (Å²) in [6.45, 7) is 2.94. The molecule has 0 amide bonds. The lowest BCUT2D eigenvalue weighted by atomic mass is 10.2. The SMILES string of the molecule is C#CCOc1c(Cl)cc(CNCC(C)O)cc1OC.Cl. The number of aliphatic hydroxyl groups excluding tert-OH is 1. The van der Waals surface area contributed by atoms with Crippen LogP contribution in [0, 0.1) is 12.3 Å². The first kappa shape index (κ1) is 18.9. The third kappa shape index (κ3) is 5.89. The summed E-state index contributed by atoms with van der Waals surface area (Å²) in [6.07, 6.45) is 4.76. The number of nitrogens with one attached hydrogen (secondary N) is 1. The van der Waals surface area contributed by atoms with Crippen LogP contribution in [0.25, 0.3) is 0 Å². The number of benzene rings is 1. The van der Waals surface area contributed by atoms with Gasteiger partial charge in [-0.1, -0.05) is 17.5 Å². The number of hydrogen-bond donors (Lipinski definition) is 2. The highest BCUT2D eigenvalue weighted by atomic mass is 35.5. The molecule has 0 aliphatic heterocycles. The molecule has 112 valence electrons. The van der Waals surface area contributed by atoms with Gasteiger partial charge in [-0.15, -0.1) is 18.8 Å². The van der Waals surface area contributed by atoms with Crippen LogP contribution in [-0.2, 0) is 6.54 Å². The molecular weight excluding hydrogens is 301 g/mol. The largest absolute Gasteiger partial charge is 0.493 e. The Labute approximate surface area is 130 Å². The first-order valence-electron chi connectivity index (χ1n) is 5.90. The fourth-order valence-corrected chi connectivity index (χ4v) is 1.84. The van der Waals surface area contributed by atoms with Crippen LogP contribution >= 0.6 is 24.0 Å². The Bertz CT molecular complexity index is 458. The summed E-state index contributed by atoms with van der Waals surface area (Å²) < 4.78 is 10.6. The summed E-state index contributed by atoms with van der Waals surface area (Å²) in [7, 11) is 1.54. The van der Waals surface area contributed by atoms with Gasteiger partial charge in [0.15, 0.2) is 11.5 Å². The number of aliphatic hydroxyl groups is 1. The van der Waals surface area contributed by atoms with E-state index < -0.39 is 6.10 Å². The van der Waals surface area contributed by atoms with Crippen molar-refractivity contribution in [3.05, 3.63) is 22.7 Å². The molecule has 0 heterocycles. The van der Waals surface area contributed by atoms with Gasteiger partial charge in [0.05, 0.1) is 18.2 Å². The highest BCUT2D eigenvalue weighted by Gasteiger charge is 2.11. The van der Waals surface area contributed by atoms with E-state index in [0.717, 1.165) is 5.56 Å². The third-order valence-corrected chi connectivity index (χ3v) is 2.64. The minimum Gasteiger partial charge on any atom is -0.493 e. The first-order valence-corrected chi connectivity index (χ1v) is 6.27. The summed E-state index contributed by atoms with van der Waals surface area (Å²) in [4.78, 5) is 0. The highest BCUT2D eigenvalue weighted by molar-refractivity contribution is 6.32. The maximum absolute atomic E-state index is 9.17. The zero-order chi connectivity index (χ0) is 14.3. The van der Waals surface area contributed by atoms with E-state index in [1.54, 1.807) is 20.1 Å². The minimum atomic E-state index is -0.393. The molecular formula is C14H19Cl2NO3. The second-order valence-corrected chi connectivity index (χ2v) is 4.49. The topological polar surface area (TPSA) is 50.7 Å². The predicted octanol–water partition coefficient (Wildman–Crippen LogP) is 2.25. The van der Waals surface area contributed by atoms with Crippen LogP contribution in [-0.4, -0.2) is 31.5 Å². The Morgan fingerprint density at radius 2 is 2.20 bits per heavy atom. The Morgan fingerprint density at radius 1 is 1.50 bits per heavy atom. The van der Waals surface area contributed by atoms with Crippen molar-refractivity contribution in [2.45, 2.75) is 19.6 Å². The van der Waals surface area contributed by atoms with E-state index in [1.807, 2.05) is 6.07 Å². The van der Waals surface area contributed by atoms with Gasteiger partial charge in [-0.2, -0.15) is 0 Å². The average molecular weight is 320 g/mol. The number of terminal acetylenes is 1. The lowest BCUT2D eigenvalue weighted by molar-refractivity contribution is 0.191. The van der Waals surface area contributed by atoms with Crippen molar-refractivity contribution in [2.24, 2.45) is 0 Å². The predicted molar refractivity (Wildman–Crippen MR) is 83.0 cm³/mol. The van der Waals surface area contributed by atoms with Gasteiger partial charge in [-0.3, -0.25) is 0 Å². The molecule has 1 rings (SSSR count). The number of halogens is 2. The Balaban J connectivity index is 0.00000361. The summed E-state index contributed by atoms with van der Waals surface area (Å²) in [6, 6.07) is 3.61. The molecule has 0 aromatic heterocycles. The maximum atomic E-state index is 9.17. The van der Waals surface area contributed by atoms with Crippen molar-refractivity contribution in [3.63, 3.8) is 0 Å². The maximum Gasteiger partial charge on any atom is 0.181 e. The summed E-state index contributed by atoms with van der Waals surface area (Å²) in [5, 5.41) is 12.7. The first-order chi connectivity index (χ1) is 9.08. The molecule has 0 fully saturated rings. The summed E-state index contributed by atoms with van der Waals surface area (Å²) in [5.74, 6) is 3.36. The molecule has 2 N–H and O–H groups in total. The zero-order valence-corrected chi connectivity index (χ0v) is 13.1. The van der Waals surface area contributed by atoms with Crippen molar-refractivity contribution in [3.8, 4) is 23.8 Å². The van der Waals surface area contributed by atoms with E-state index in [-0.39, 0.29) is 19.0 Å². The normalized spacial score (nSPS) is 11.2. The molecule has 20 heavy (non-hydrogen) atoms. The van der Waals surface area contributed by atoms with E-state index in [1.165, 1.54) is 0 Å². The molecule has 0 aliphatic carbocycles. The van der Waals surface area contributed by atoms with Crippen molar-refractivity contribution in [2.75, 3.05) is 20.3 Å². The van der Waals surface area contributed by atoms with Gasteiger partial charge in [0, 0.05) is 13.1 Å². The van der Waals surface area contributed by atoms with E-state index in [9.17, 15) is 5.11 Å². The second-order valence-electron chi connectivity index (χ2n) is 4.08. The van der Waals surface area contributed by atoms with Crippen molar-refractivity contribution in [1.29, 1.82) is 0 Å². The van der Waals surface area contributed by atoms with Crippen LogP contribution in [0.2, 0.25) is 5.02 Å². The van der Waals surface area contributed by atoms with Crippen LogP contribution in [0.15, 0.2) is 12.1 Å². The standard InChI is InChI=1S/C14H18ClNO3.ClH/c1-4-5-19-14-12(15)6-11(7-13(14)18-3)9-16-8-10(2)17;/h1,6-7,10,16-17H,5,8-9H2,2-3H3;1H. The third-order valence-electron chi connectivity index (χ3n) is 2.36. The van der Waals surface area contributed by atoms with Gasteiger partial charge in [0.1, 0.15) is 6.61 Å². The Hall–Kier alpha value is -1.12. The molecule has 4 nitrogen and oxygen atoms in total. The lowest BCUT2D eigenvalue weighted by Crippen LogP contribution is -2.23. The number of methoxy groups -OCH3 is 1. The highest BCUT2D eigenvalue weighted by Crippen LogP contribution is 2.36.